The summed E-state index contributed by atoms with van der Waals surface area (Å²) in [5.41, 5.74) is 5.99. The standard InChI is InChI=1S/C31H41N7O14S3/c1-53-55-12-21-31(52)36-19(10-25(45)46)29(50)37-20(30(51)35-17(26(32)47)8-14-2-4-15(39)5-3-14)11-54-13-22(40)33-18(9-24(43)44)28(49)34-16(27(48)38-21)6-7-23(41)42/h2-5,16-21,39H,6-13H2,1H3,(H2,32,47)(H,33,40)(H,34,49)(H,35,51)(H,36,52)(H,37,50)(H,38,48)(H,41,42)(H,43,44)(H,45,46)/t16-,17-,18-,19-,20-,21-/m0/s1. The van der Waals surface area contributed by atoms with Gasteiger partial charge in [0.2, 0.25) is 41.4 Å². The van der Waals surface area contributed by atoms with E-state index in [9.17, 15) is 68.4 Å². The van der Waals surface area contributed by atoms with Gasteiger partial charge in [-0.15, -0.1) is 11.8 Å². The molecule has 1 heterocycles. The van der Waals surface area contributed by atoms with Crippen LogP contribution >= 0.6 is 33.3 Å². The predicted octanol–water partition coefficient (Wildman–Crippen LogP) is -3.10. The second kappa shape index (κ2) is 22.9. The fourth-order valence-corrected chi connectivity index (χ4v) is 6.94. The molecule has 0 aromatic heterocycles. The van der Waals surface area contributed by atoms with E-state index in [2.05, 4.69) is 31.9 Å². The third kappa shape index (κ3) is 16.8. The van der Waals surface area contributed by atoms with E-state index in [1.807, 2.05) is 0 Å². The first-order valence-corrected chi connectivity index (χ1v) is 20.0. The molecular formula is C31H41N7O14S3. The summed E-state index contributed by atoms with van der Waals surface area (Å²) in [5, 5.41) is 51.5. The molecule has 0 bridgehead atoms. The fraction of sp³-hybridized carbons (Fsp3) is 0.484. The summed E-state index contributed by atoms with van der Waals surface area (Å²) >= 11 is 0.695. The zero-order valence-corrected chi connectivity index (χ0v) is 31.6. The first kappa shape index (κ1) is 45.9. The second-order valence-corrected chi connectivity index (χ2v) is 15.4. The maximum absolute atomic E-state index is 13.6. The van der Waals surface area contributed by atoms with E-state index in [4.69, 9.17) is 5.73 Å². The van der Waals surface area contributed by atoms with Crippen LogP contribution in [0, 0.1) is 0 Å². The van der Waals surface area contributed by atoms with Gasteiger partial charge in [-0.25, -0.2) is 0 Å². The molecule has 1 aliphatic heterocycles. The number of nitrogens with one attached hydrogen (secondary N) is 6. The number of amides is 7. The lowest BCUT2D eigenvalue weighted by molar-refractivity contribution is -0.142. The monoisotopic (exact) mass is 831 g/mol. The summed E-state index contributed by atoms with van der Waals surface area (Å²) in [7, 11) is 2.22. The van der Waals surface area contributed by atoms with Crippen molar-refractivity contribution in [2.75, 3.05) is 23.5 Å². The summed E-state index contributed by atoms with van der Waals surface area (Å²) in [6.45, 7) is 0. The Bertz CT molecular complexity index is 1620. The lowest BCUT2D eigenvalue weighted by Gasteiger charge is -2.27. The van der Waals surface area contributed by atoms with Crippen molar-refractivity contribution < 1.29 is 68.4 Å². The van der Waals surface area contributed by atoms with Crippen molar-refractivity contribution in [3.63, 3.8) is 0 Å². The molecule has 0 saturated carbocycles. The van der Waals surface area contributed by atoms with Crippen molar-refractivity contribution >= 4 is 92.6 Å². The van der Waals surface area contributed by atoms with Crippen LogP contribution in [0.1, 0.15) is 31.2 Å². The van der Waals surface area contributed by atoms with E-state index in [1.165, 1.54) is 35.1 Å². The van der Waals surface area contributed by atoms with Crippen LogP contribution in [0.15, 0.2) is 24.3 Å². The number of hydrogen-bond donors (Lipinski definition) is 11. The van der Waals surface area contributed by atoms with Crippen LogP contribution in [-0.4, -0.2) is 139 Å². The van der Waals surface area contributed by atoms with Gasteiger partial charge in [0, 0.05) is 24.3 Å². The molecule has 1 saturated heterocycles. The van der Waals surface area contributed by atoms with Gasteiger partial charge in [0.1, 0.15) is 42.0 Å². The molecule has 0 radical (unpaired) electrons. The summed E-state index contributed by atoms with van der Waals surface area (Å²) in [6, 6.07) is -4.19. The van der Waals surface area contributed by atoms with E-state index in [0.29, 0.717) is 17.3 Å². The number of carboxylic acid groups (broad SMARTS) is 3. The number of hydrogen-bond acceptors (Lipinski definition) is 14. The van der Waals surface area contributed by atoms with Gasteiger partial charge >= 0.3 is 17.9 Å². The molecule has 1 aliphatic rings. The number of carbonyl (C=O) groups excluding carboxylic acids is 7. The van der Waals surface area contributed by atoms with Gasteiger partial charge in [-0.1, -0.05) is 33.7 Å². The smallest absolute Gasteiger partial charge is 0.305 e. The molecular weight excluding hydrogens is 791 g/mol. The SMILES string of the molecule is CSSC[C@@H]1NC(=O)[C@H](CCC(=O)O)NC(=O)[C@H](CC(=O)O)NC(=O)CSC[C@@H](C(=O)N[C@@H](Cc2ccc(O)cc2)C(N)=O)NC(=O)[C@H](CC(=O)O)NC1=O. The molecule has 12 N–H and O–H groups in total. The molecule has 1 fully saturated rings. The maximum Gasteiger partial charge on any atom is 0.305 e. The number of carbonyl (C=O) groups is 10. The van der Waals surface area contributed by atoms with Crippen molar-refractivity contribution in [1.82, 2.24) is 31.9 Å². The topological polar surface area (TPSA) is 350 Å². The Morgan fingerprint density at radius 3 is 1.89 bits per heavy atom. The highest BCUT2D eigenvalue weighted by Crippen LogP contribution is 2.18. The van der Waals surface area contributed by atoms with Gasteiger partial charge in [0.05, 0.1) is 18.6 Å². The molecule has 0 spiro atoms. The van der Waals surface area contributed by atoms with E-state index in [-0.39, 0.29) is 17.9 Å². The number of primary amides is 1. The van der Waals surface area contributed by atoms with Crippen molar-refractivity contribution in [1.29, 1.82) is 0 Å². The molecule has 24 heteroatoms. The number of thioether (sulfide) groups is 1. The molecule has 0 unspecified atom stereocenters. The average Bonchev–Trinajstić information content (AvgIpc) is 3.10. The minimum atomic E-state index is -1.85. The summed E-state index contributed by atoms with van der Waals surface area (Å²) in [6.07, 6.45) is -1.68. The van der Waals surface area contributed by atoms with Gasteiger partial charge in [-0.2, -0.15) is 0 Å². The van der Waals surface area contributed by atoms with Crippen LogP contribution in [-0.2, 0) is 54.4 Å². The minimum absolute atomic E-state index is 0.0704. The Kier molecular flexibility index (Phi) is 19.1. The summed E-state index contributed by atoms with van der Waals surface area (Å²) < 4.78 is 0. The quantitative estimate of drug-likeness (QED) is 0.0780. The lowest BCUT2D eigenvalue weighted by atomic mass is 10.0. The van der Waals surface area contributed by atoms with E-state index >= 15 is 0 Å². The first-order valence-electron chi connectivity index (χ1n) is 16.2. The molecule has 1 aromatic rings. The predicted molar refractivity (Wildman–Crippen MR) is 197 cm³/mol. The number of rotatable bonds is 15. The van der Waals surface area contributed by atoms with Crippen LogP contribution in [0.4, 0.5) is 0 Å². The van der Waals surface area contributed by atoms with E-state index in [0.717, 1.165) is 10.8 Å². The van der Waals surface area contributed by atoms with Gasteiger partial charge in [0.25, 0.3) is 0 Å². The number of phenolic OH excluding ortho intramolecular Hbond substituents is 1. The molecule has 302 valence electrons. The van der Waals surface area contributed by atoms with Crippen LogP contribution in [0.5, 0.6) is 5.75 Å². The molecule has 2 rings (SSSR count). The molecule has 21 nitrogen and oxygen atoms in total. The highest BCUT2D eigenvalue weighted by Gasteiger charge is 2.35. The van der Waals surface area contributed by atoms with Gasteiger partial charge in [0.15, 0.2) is 0 Å². The average molecular weight is 832 g/mol. The third-order valence-electron chi connectivity index (χ3n) is 7.49. The zero-order valence-electron chi connectivity index (χ0n) is 29.1. The Morgan fingerprint density at radius 2 is 1.33 bits per heavy atom. The van der Waals surface area contributed by atoms with Crippen molar-refractivity contribution in [3.8, 4) is 5.75 Å². The number of benzene rings is 1. The van der Waals surface area contributed by atoms with Crippen molar-refractivity contribution in [2.24, 2.45) is 5.73 Å². The van der Waals surface area contributed by atoms with Gasteiger partial charge in [-0.05, 0) is 30.4 Å². The lowest BCUT2D eigenvalue weighted by Crippen LogP contribution is -2.61. The second-order valence-electron chi connectivity index (χ2n) is 11.8. The van der Waals surface area contributed by atoms with Gasteiger partial charge in [-0.3, -0.25) is 47.9 Å². The van der Waals surface area contributed by atoms with Gasteiger partial charge < -0.3 is 58.1 Å². The Labute approximate surface area is 325 Å². The molecule has 55 heavy (non-hydrogen) atoms. The number of aliphatic carboxylic acids is 3. The molecule has 1 aromatic carbocycles. The van der Waals surface area contributed by atoms with E-state index < -0.39 is 133 Å². The van der Waals surface area contributed by atoms with Crippen molar-refractivity contribution in [2.45, 2.75) is 68.4 Å². The minimum Gasteiger partial charge on any atom is -0.508 e. The largest absolute Gasteiger partial charge is 0.508 e. The summed E-state index contributed by atoms with van der Waals surface area (Å²) in [5.74, 6) is -13.2. The Balaban J connectivity index is 2.54. The first-order chi connectivity index (χ1) is 25.9. The van der Waals surface area contributed by atoms with Crippen LogP contribution < -0.4 is 37.6 Å². The molecule has 6 atom stereocenters. The highest BCUT2D eigenvalue weighted by molar-refractivity contribution is 8.76. The zero-order chi connectivity index (χ0) is 41.2. The number of phenols is 1. The number of nitrogens with two attached hydrogens (primary N) is 1. The Hall–Kier alpha value is -5.23. The normalized spacial score (nSPS) is 22.2. The highest BCUT2D eigenvalue weighted by atomic mass is 33.1. The van der Waals surface area contributed by atoms with Crippen LogP contribution in [0.3, 0.4) is 0 Å². The molecule has 7 amide bonds. The number of carboxylic acids is 3. The molecule has 0 aliphatic carbocycles. The van der Waals surface area contributed by atoms with E-state index in [1.54, 1.807) is 6.26 Å². The maximum atomic E-state index is 13.6. The summed E-state index contributed by atoms with van der Waals surface area (Å²) in [4.78, 5) is 127. The third-order valence-corrected chi connectivity index (χ3v) is 10.4. The Morgan fingerprint density at radius 1 is 0.800 bits per heavy atom. The fourth-order valence-electron chi connectivity index (χ4n) is 4.76. The van der Waals surface area contributed by atoms with Crippen LogP contribution in [0.25, 0.3) is 0 Å². The van der Waals surface area contributed by atoms with Crippen LogP contribution in [0.2, 0.25) is 0 Å². The number of aromatic hydroxyl groups is 1. The van der Waals surface area contributed by atoms with Crippen molar-refractivity contribution in [3.05, 3.63) is 29.8 Å².